The van der Waals surface area contributed by atoms with Gasteiger partial charge in [0, 0.05) is 6.42 Å². The molecule has 0 fully saturated rings. The Labute approximate surface area is 169 Å². The first-order valence-corrected chi connectivity index (χ1v) is 11.5. The van der Waals surface area contributed by atoms with Gasteiger partial charge in [-0.25, -0.2) is 0 Å². The van der Waals surface area contributed by atoms with Crippen LogP contribution in [0.3, 0.4) is 0 Å². The monoisotopic (exact) mass is 378 g/mol. The zero-order valence-electron chi connectivity index (χ0n) is 18.8. The van der Waals surface area contributed by atoms with E-state index in [4.69, 9.17) is 0 Å². The van der Waals surface area contributed by atoms with Crippen molar-refractivity contribution in [3.8, 4) is 0 Å². The number of aldehydes is 1. The molecule has 0 aliphatic heterocycles. The van der Waals surface area contributed by atoms with Crippen LogP contribution < -0.4 is 0 Å². The molecule has 0 spiro atoms. The number of allylic oxidation sites excluding steroid dienone is 2. The van der Waals surface area contributed by atoms with E-state index in [0.717, 1.165) is 30.6 Å². The van der Waals surface area contributed by atoms with Gasteiger partial charge in [0.2, 0.25) is 0 Å². The largest absolute Gasteiger partial charge is 0.299 e. The Hall–Kier alpha value is -0.920. The molecule has 0 amide bonds. The first-order chi connectivity index (χ1) is 12.8. The quantitative estimate of drug-likeness (QED) is 0.182. The van der Waals surface area contributed by atoms with Crippen molar-refractivity contribution in [3.05, 3.63) is 12.2 Å². The van der Waals surface area contributed by atoms with Gasteiger partial charge in [0.1, 0.15) is 6.29 Å². The Morgan fingerprint density at radius 3 is 1.48 bits per heavy atom. The summed E-state index contributed by atoms with van der Waals surface area (Å²) in [6.07, 6.45) is 18.2. The second kappa shape index (κ2) is 17.2. The number of hydrogen-bond donors (Lipinski definition) is 0. The molecule has 0 aromatic heterocycles. The summed E-state index contributed by atoms with van der Waals surface area (Å²) in [5, 5.41) is 0. The van der Waals surface area contributed by atoms with E-state index < -0.39 is 0 Å². The summed E-state index contributed by atoms with van der Waals surface area (Å²) >= 11 is 0. The lowest BCUT2D eigenvalue weighted by atomic mass is 9.90. The molecule has 2 nitrogen and oxygen atoms in total. The first kappa shape index (κ1) is 26.1. The van der Waals surface area contributed by atoms with Crippen LogP contribution in [0.25, 0.3) is 0 Å². The normalized spacial score (nSPS) is 15.2. The Morgan fingerprint density at radius 1 is 0.667 bits per heavy atom. The predicted molar refractivity (Wildman–Crippen MR) is 118 cm³/mol. The van der Waals surface area contributed by atoms with Gasteiger partial charge in [-0.15, -0.1) is 0 Å². The zero-order valence-corrected chi connectivity index (χ0v) is 18.8. The Morgan fingerprint density at radius 2 is 1.07 bits per heavy atom. The van der Waals surface area contributed by atoms with Crippen LogP contribution in [0.4, 0.5) is 0 Å². The van der Waals surface area contributed by atoms with Crippen molar-refractivity contribution in [2.24, 2.45) is 23.7 Å². The van der Waals surface area contributed by atoms with Crippen LogP contribution in [-0.4, -0.2) is 12.1 Å². The van der Waals surface area contributed by atoms with Crippen LogP contribution in [0.15, 0.2) is 12.2 Å². The zero-order chi connectivity index (χ0) is 20.5. The van der Waals surface area contributed by atoms with E-state index in [-0.39, 0.29) is 5.78 Å². The smallest absolute Gasteiger partial charge is 0.155 e. The summed E-state index contributed by atoms with van der Waals surface area (Å²) in [7, 11) is 0. The van der Waals surface area contributed by atoms with E-state index in [2.05, 4.69) is 34.6 Å². The lowest BCUT2D eigenvalue weighted by Gasteiger charge is -2.16. The van der Waals surface area contributed by atoms with E-state index >= 15 is 0 Å². The molecule has 158 valence electrons. The van der Waals surface area contributed by atoms with E-state index in [0.29, 0.717) is 18.6 Å². The Balaban J connectivity index is 3.61. The van der Waals surface area contributed by atoms with Crippen molar-refractivity contribution in [2.45, 2.75) is 112 Å². The molecule has 0 bridgehead atoms. The van der Waals surface area contributed by atoms with Crippen molar-refractivity contribution in [2.75, 3.05) is 0 Å². The van der Waals surface area contributed by atoms with Crippen molar-refractivity contribution >= 4 is 12.1 Å². The third kappa shape index (κ3) is 18.2. The van der Waals surface area contributed by atoms with Crippen molar-refractivity contribution in [1.29, 1.82) is 0 Å². The fourth-order valence-electron chi connectivity index (χ4n) is 3.79. The maximum absolute atomic E-state index is 11.5. The molecule has 0 radical (unpaired) electrons. The highest BCUT2D eigenvalue weighted by Gasteiger charge is 2.08. The topological polar surface area (TPSA) is 34.1 Å². The minimum Gasteiger partial charge on any atom is -0.299 e. The van der Waals surface area contributed by atoms with Gasteiger partial charge in [-0.05, 0) is 42.2 Å². The summed E-state index contributed by atoms with van der Waals surface area (Å²) in [6.45, 7) is 11.8. The van der Waals surface area contributed by atoms with Gasteiger partial charge >= 0.3 is 0 Å². The fourth-order valence-corrected chi connectivity index (χ4v) is 3.79. The molecule has 0 aromatic carbocycles. The third-order valence-electron chi connectivity index (χ3n) is 5.75. The van der Waals surface area contributed by atoms with Gasteiger partial charge in [0.25, 0.3) is 0 Å². The van der Waals surface area contributed by atoms with Crippen molar-refractivity contribution in [3.63, 3.8) is 0 Å². The minimum absolute atomic E-state index is 0.0707. The van der Waals surface area contributed by atoms with Gasteiger partial charge in [0.15, 0.2) is 5.78 Å². The van der Waals surface area contributed by atoms with Crippen molar-refractivity contribution < 1.29 is 9.59 Å². The van der Waals surface area contributed by atoms with Crippen LogP contribution in [0.2, 0.25) is 0 Å². The highest BCUT2D eigenvalue weighted by atomic mass is 16.1. The Bertz CT molecular complexity index is 397. The van der Waals surface area contributed by atoms with Gasteiger partial charge in [-0.3, -0.25) is 9.59 Å². The summed E-state index contributed by atoms with van der Waals surface area (Å²) in [5.41, 5.74) is 0. The molecule has 2 heteroatoms. The van der Waals surface area contributed by atoms with Crippen LogP contribution in [0.1, 0.15) is 112 Å². The molecule has 27 heavy (non-hydrogen) atoms. The lowest BCUT2D eigenvalue weighted by Crippen LogP contribution is -2.02. The van der Waals surface area contributed by atoms with Gasteiger partial charge in [-0.2, -0.15) is 0 Å². The summed E-state index contributed by atoms with van der Waals surface area (Å²) in [5.74, 6) is 3.34. The van der Waals surface area contributed by atoms with Gasteiger partial charge in [-0.1, -0.05) is 98.8 Å². The summed E-state index contributed by atoms with van der Waals surface area (Å²) in [4.78, 5) is 21.7. The molecule has 0 aliphatic carbocycles. The second-order valence-electron chi connectivity index (χ2n) is 9.36. The molecule has 0 aromatic rings. The number of ketones is 1. The number of rotatable bonds is 18. The summed E-state index contributed by atoms with van der Waals surface area (Å²) in [6, 6.07) is 0. The molecule has 0 heterocycles. The third-order valence-corrected chi connectivity index (χ3v) is 5.75. The van der Waals surface area contributed by atoms with Gasteiger partial charge in [0.05, 0.1) is 0 Å². The minimum atomic E-state index is 0.0707. The molecular formula is C25H46O2. The average molecular weight is 379 g/mol. The van der Waals surface area contributed by atoms with Crippen LogP contribution in [-0.2, 0) is 9.59 Å². The molecule has 0 rings (SSSR count). The average Bonchev–Trinajstić information content (AvgIpc) is 2.59. The summed E-state index contributed by atoms with van der Waals surface area (Å²) < 4.78 is 0. The maximum Gasteiger partial charge on any atom is 0.155 e. The predicted octanol–water partition coefficient (Wildman–Crippen LogP) is 7.56. The molecular weight excluding hydrogens is 332 g/mol. The number of carbonyl (C=O) groups is 2. The SMILES string of the molecule is CC(C)CCCC(C)CCCC(C)CCCC(C)CCCC(=O)C=CC=O. The molecule has 3 unspecified atom stereocenters. The first-order valence-electron chi connectivity index (χ1n) is 11.5. The highest BCUT2D eigenvalue weighted by Crippen LogP contribution is 2.23. The molecule has 0 saturated heterocycles. The van der Waals surface area contributed by atoms with Crippen molar-refractivity contribution in [1.82, 2.24) is 0 Å². The van der Waals surface area contributed by atoms with Crippen LogP contribution in [0, 0.1) is 23.7 Å². The van der Waals surface area contributed by atoms with Crippen LogP contribution in [0.5, 0.6) is 0 Å². The highest BCUT2D eigenvalue weighted by molar-refractivity contribution is 5.92. The molecule has 0 aliphatic rings. The fraction of sp³-hybridized carbons (Fsp3) is 0.840. The second-order valence-corrected chi connectivity index (χ2v) is 9.36. The Kier molecular flexibility index (Phi) is 16.6. The van der Waals surface area contributed by atoms with E-state index in [1.165, 1.54) is 69.9 Å². The lowest BCUT2D eigenvalue weighted by molar-refractivity contribution is -0.115. The van der Waals surface area contributed by atoms with E-state index in [9.17, 15) is 9.59 Å². The standard InChI is InChI=1S/C25H46O2/c1-21(2)11-6-12-22(3)13-7-14-23(4)15-8-16-24(5)17-9-18-25(27)19-10-20-26/h10,19-24H,6-9,11-18H2,1-5H3. The molecule has 0 N–H and O–H groups in total. The molecule has 0 saturated carbocycles. The van der Waals surface area contributed by atoms with Crippen LogP contribution >= 0.6 is 0 Å². The maximum atomic E-state index is 11.5. The number of carbonyl (C=O) groups excluding carboxylic acids is 2. The van der Waals surface area contributed by atoms with Gasteiger partial charge < -0.3 is 0 Å². The molecule has 3 atom stereocenters. The van der Waals surface area contributed by atoms with E-state index in [1.807, 2.05) is 0 Å². The number of hydrogen-bond acceptors (Lipinski definition) is 2. The van der Waals surface area contributed by atoms with E-state index in [1.54, 1.807) is 0 Å².